The maximum absolute atomic E-state index is 13.4. The second-order valence-corrected chi connectivity index (χ2v) is 8.73. The molecule has 7 heteroatoms. The maximum Gasteiger partial charge on any atom is 0.295 e. The molecule has 7 nitrogen and oxygen atoms in total. The van der Waals surface area contributed by atoms with Gasteiger partial charge in [0.1, 0.15) is 23.0 Å². The highest BCUT2D eigenvalue weighted by atomic mass is 16.5. The third-order valence-electron chi connectivity index (χ3n) is 6.21. The molecule has 1 atom stereocenters. The number of hydrogen-bond acceptors (Lipinski definition) is 6. The van der Waals surface area contributed by atoms with E-state index in [1.54, 1.807) is 60.9 Å². The third kappa shape index (κ3) is 5.13. The summed E-state index contributed by atoms with van der Waals surface area (Å²) in [5.74, 6) is 0.147. The van der Waals surface area contributed by atoms with E-state index < -0.39 is 17.7 Å². The number of likely N-dealkylation sites (tertiary alicyclic amines) is 1. The van der Waals surface area contributed by atoms with E-state index in [0.717, 1.165) is 5.56 Å². The third-order valence-corrected chi connectivity index (χ3v) is 6.21. The van der Waals surface area contributed by atoms with Gasteiger partial charge >= 0.3 is 0 Å². The number of carbonyl (C=O) groups excluding carboxylic acids is 2. The molecular weight excluding hydrogens is 480 g/mol. The lowest BCUT2D eigenvalue weighted by atomic mass is 9.95. The maximum atomic E-state index is 13.4. The molecular formula is C31H26N2O5. The van der Waals surface area contributed by atoms with Crippen LogP contribution in [0, 0.1) is 0 Å². The van der Waals surface area contributed by atoms with Crippen molar-refractivity contribution in [3.63, 3.8) is 0 Å². The Kier molecular flexibility index (Phi) is 7.17. The first kappa shape index (κ1) is 24.8. The van der Waals surface area contributed by atoms with Crippen molar-refractivity contribution in [1.82, 2.24) is 9.88 Å². The van der Waals surface area contributed by atoms with Crippen molar-refractivity contribution in [2.45, 2.75) is 19.5 Å². The van der Waals surface area contributed by atoms with E-state index in [4.69, 9.17) is 9.47 Å². The molecule has 1 saturated heterocycles. The molecule has 5 rings (SSSR count). The van der Waals surface area contributed by atoms with Crippen LogP contribution in [0.2, 0.25) is 0 Å². The first-order valence-electron chi connectivity index (χ1n) is 12.3. The van der Waals surface area contributed by atoms with Gasteiger partial charge in [-0.05, 0) is 72.6 Å². The molecule has 2 heterocycles. The first-order valence-corrected chi connectivity index (χ1v) is 12.3. The molecule has 38 heavy (non-hydrogen) atoms. The smallest absolute Gasteiger partial charge is 0.295 e. The molecule has 1 N–H and O–H groups in total. The molecule has 1 amide bonds. The van der Waals surface area contributed by atoms with Crippen LogP contribution in [-0.4, -0.2) is 33.3 Å². The summed E-state index contributed by atoms with van der Waals surface area (Å²) in [5, 5.41) is 11.3. The zero-order valence-corrected chi connectivity index (χ0v) is 20.8. The topological polar surface area (TPSA) is 89.0 Å². The Morgan fingerprint density at radius 3 is 2.37 bits per heavy atom. The summed E-state index contributed by atoms with van der Waals surface area (Å²) in [6, 6.07) is 26.1. The van der Waals surface area contributed by atoms with Gasteiger partial charge < -0.3 is 19.5 Å². The second-order valence-electron chi connectivity index (χ2n) is 8.73. The lowest BCUT2D eigenvalue weighted by Gasteiger charge is -2.25. The number of benzene rings is 3. The van der Waals surface area contributed by atoms with Gasteiger partial charge in [0.15, 0.2) is 0 Å². The van der Waals surface area contributed by atoms with E-state index in [0.29, 0.717) is 35.0 Å². The number of nitrogens with zero attached hydrogens (tertiary/aromatic N) is 2. The summed E-state index contributed by atoms with van der Waals surface area (Å²) in [6.45, 7) is 2.53. The highest BCUT2D eigenvalue weighted by molar-refractivity contribution is 6.46. The summed E-state index contributed by atoms with van der Waals surface area (Å²) in [5.41, 5.74) is 1.82. The second kappa shape index (κ2) is 11.0. The van der Waals surface area contributed by atoms with E-state index >= 15 is 0 Å². The van der Waals surface area contributed by atoms with Crippen LogP contribution in [-0.2, 0) is 16.1 Å². The number of amides is 1. The van der Waals surface area contributed by atoms with Crippen molar-refractivity contribution in [2.75, 3.05) is 6.61 Å². The number of pyridine rings is 1. The molecule has 1 aromatic heterocycles. The molecule has 0 spiro atoms. The number of para-hydroxylation sites is 1. The fourth-order valence-electron chi connectivity index (χ4n) is 4.48. The molecule has 0 saturated carbocycles. The van der Waals surface area contributed by atoms with Crippen molar-refractivity contribution >= 4 is 17.4 Å². The molecule has 0 unspecified atom stereocenters. The van der Waals surface area contributed by atoms with Crippen LogP contribution in [0.5, 0.6) is 17.2 Å². The van der Waals surface area contributed by atoms with Gasteiger partial charge in [-0.1, -0.05) is 36.4 Å². The quantitative estimate of drug-likeness (QED) is 0.182. The first-order chi connectivity index (χ1) is 18.5. The van der Waals surface area contributed by atoms with Crippen molar-refractivity contribution in [2.24, 2.45) is 0 Å². The van der Waals surface area contributed by atoms with Gasteiger partial charge in [0.25, 0.3) is 11.7 Å². The Bertz CT molecular complexity index is 1470. The molecule has 190 valence electrons. The predicted octanol–water partition coefficient (Wildman–Crippen LogP) is 5.89. The molecule has 3 aromatic carbocycles. The minimum Gasteiger partial charge on any atom is -0.507 e. The minimum absolute atomic E-state index is 0.0138. The van der Waals surface area contributed by atoms with E-state index in [1.807, 2.05) is 49.4 Å². The Labute approximate surface area is 220 Å². The largest absolute Gasteiger partial charge is 0.507 e. The van der Waals surface area contributed by atoms with E-state index in [9.17, 15) is 14.7 Å². The van der Waals surface area contributed by atoms with Gasteiger partial charge in [-0.3, -0.25) is 14.6 Å². The Morgan fingerprint density at radius 2 is 1.66 bits per heavy atom. The number of Topliss-reactive ketones (excluding diaryl/α,β-unsaturated/α-hetero) is 1. The fraction of sp³-hybridized carbons (Fsp3) is 0.129. The highest BCUT2D eigenvalue weighted by Crippen LogP contribution is 2.41. The molecule has 0 aliphatic carbocycles. The number of aromatic nitrogens is 1. The van der Waals surface area contributed by atoms with Gasteiger partial charge in [0.2, 0.25) is 0 Å². The number of carbonyl (C=O) groups is 2. The van der Waals surface area contributed by atoms with Gasteiger partial charge in [-0.25, -0.2) is 0 Å². The number of ether oxygens (including phenoxy) is 2. The van der Waals surface area contributed by atoms with Crippen LogP contribution in [0.25, 0.3) is 5.76 Å². The molecule has 4 aromatic rings. The summed E-state index contributed by atoms with van der Waals surface area (Å²) >= 11 is 0. The van der Waals surface area contributed by atoms with Crippen LogP contribution in [0.15, 0.2) is 109 Å². The molecule has 0 radical (unpaired) electrons. The monoisotopic (exact) mass is 506 g/mol. The normalized spacial score (nSPS) is 16.4. The van der Waals surface area contributed by atoms with Crippen molar-refractivity contribution in [1.29, 1.82) is 0 Å². The lowest BCUT2D eigenvalue weighted by molar-refractivity contribution is -0.140. The zero-order chi connectivity index (χ0) is 26.5. The Balaban J connectivity index is 1.59. The fourth-order valence-corrected chi connectivity index (χ4v) is 4.48. The van der Waals surface area contributed by atoms with Crippen molar-refractivity contribution in [3.05, 3.63) is 126 Å². The van der Waals surface area contributed by atoms with Gasteiger partial charge in [-0.15, -0.1) is 0 Å². The minimum atomic E-state index is -0.832. The summed E-state index contributed by atoms with van der Waals surface area (Å²) < 4.78 is 11.5. The van der Waals surface area contributed by atoms with Crippen LogP contribution >= 0.6 is 0 Å². The van der Waals surface area contributed by atoms with E-state index in [1.165, 1.54) is 4.90 Å². The Hall–Kier alpha value is -4.91. The summed E-state index contributed by atoms with van der Waals surface area (Å²) in [7, 11) is 0. The van der Waals surface area contributed by atoms with Crippen LogP contribution in [0.4, 0.5) is 0 Å². The standard InChI is InChI=1S/C31H26N2O5/c1-2-37-24-15-13-22(14-16-24)29(34)27-28(33(31(36)30(27)35)20-21-8-7-17-32-19-21)23-9-6-12-26(18-23)38-25-10-4-3-5-11-25/h3-19,28,34H,2,20H2,1H3/t28-/m1/s1. The predicted molar refractivity (Wildman–Crippen MR) is 143 cm³/mol. The SMILES string of the molecule is CCOc1ccc(C(O)=C2C(=O)C(=O)N(Cc3cccnc3)[C@@H]2c2cccc(Oc3ccccc3)c2)cc1. The van der Waals surface area contributed by atoms with Crippen LogP contribution < -0.4 is 9.47 Å². The van der Waals surface area contributed by atoms with Crippen LogP contribution in [0.1, 0.15) is 29.7 Å². The van der Waals surface area contributed by atoms with Crippen LogP contribution in [0.3, 0.4) is 0 Å². The Morgan fingerprint density at radius 1 is 0.895 bits per heavy atom. The van der Waals surface area contributed by atoms with Gasteiger partial charge in [-0.2, -0.15) is 0 Å². The number of rotatable bonds is 8. The average Bonchev–Trinajstić information content (AvgIpc) is 3.19. The van der Waals surface area contributed by atoms with Crippen molar-refractivity contribution < 1.29 is 24.2 Å². The zero-order valence-electron chi connectivity index (χ0n) is 20.8. The average molecular weight is 507 g/mol. The number of aliphatic hydroxyl groups is 1. The van der Waals surface area contributed by atoms with E-state index in [2.05, 4.69) is 4.98 Å². The number of aliphatic hydroxyl groups excluding tert-OH is 1. The molecule has 1 fully saturated rings. The van der Waals surface area contributed by atoms with E-state index in [-0.39, 0.29) is 17.9 Å². The van der Waals surface area contributed by atoms with Gasteiger partial charge in [0.05, 0.1) is 18.2 Å². The number of hydrogen-bond donors (Lipinski definition) is 1. The summed E-state index contributed by atoms with van der Waals surface area (Å²) in [6.07, 6.45) is 3.29. The lowest BCUT2D eigenvalue weighted by Crippen LogP contribution is -2.29. The molecule has 0 bridgehead atoms. The van der Waals surface area contributed by atoms with Crippen molar-refractivity contribution in [3.8, 4) is 17.2 Å². The highest BCUT2D eigenvalue weighted by Gasteiger charge is 2.46. The summed E-state index contributed by atoms with van der Waals surface area (Å²) in [4.78, 5) is 32.3. The van der Waals surface area contributed by atoms with Gasteiger partial charge in [0, 0.05) is 24.5 Å². The molecule has 1 aliphatic rings. The number of ketones is 1. The molecule has 1 aliphatic heterocycles.